The number of anilines is 1. The number of morpholine rings is 1. The molecule has 0 saturated carbocycles. The second-order valence-corrected chi connectivity index (χ2v) is 10.2. The van der Waals surface area contributed by atoms with Crippen LogP contribution in [0.2, 0.25) is 0 Å². The summed E-state index contributed by atoms with van der Waals surface area (Å²) in [7, 11) is -0.487. The van der Waals surface area contributed by atoms with Crippen molar-refractivity contribution < 1.29 is 19.2 Å². The fourth-order valence-corrected chi connectivity index (χ4v) is 4.26. The number of hydrogen-bond acceptors (Lipinski definition) is 6. The molecular formula is C24H41BN2O4. The summed E-state index contributed by atoms with van der Waals surface area (Å²) in [4.78, 5) is 7.25. The maximum Gasteiger partial charge on any atom is 0.495 e. The van der Waals surface area contributed by atoms with Crippen LogP contribution in [0.5, 0.6) is 0 Å². The number of pyridine rings is 1. The lowest BCUT2D eigenvalue weighted by atomic mass is 9.77. The molecule has 0 radical (unpaired) electrons. The Bertz CT molecular complexity index is 741. The molecule has 0 spiro atoms. The first-order valence-electron chi connectivity index (χ1n) is 12.0. The molecule has 31 heavy (non-hydrogen) atoms. The van der Waals surface area contributed by atoms with Gasteiger partial charge in [-0.15, -0.1) is 0 Å². The van der Waals surface area contributed by atoms with E-state index in [1.165, 1.54) is 0 Å². The fraction of sp³-hybridized carbons (Fsp3) is 0.792. The summed E-state index contributed by atoms with van der Waals surface area (Å²) in [6.45, 7) is 16.7. The van der Waals surface area contributed by atoms with E-state index < -0.39 is 23.9 Å². The first kappa shape index (κ1) is 24.5. The van der Waals surface area contributed by atoms with E-state index in [4.69, 9.17) is 19.0 Å². The molecule has 2 aliphatic rings. The average molecular weight is 432 g/mol. The van der Waals surface area contributed by atoms with Gasteiger partial charge in [-0.05, 0) is 65.1 Å². The molecule has 3 heterocycles. The van der Waals surface area contributed by atoms with Crippen molar-refractivity contribution in [1.29, 1.82) is 0 Å². The van der Waals surface area contributed by atoms with Crippen molar-refractivity contribution in [3.8, 4) is 0 Å². The standard InChI is InChI=1S/C24H41BN2O4/c1-8-10-11-12-24(28,9-2)20-15-19(25-30-22(4,5)23(6,7)31-25)16-21(26-20)27-13-14-29-17-18(27)3/h15-16,18,28H,8-14,17H2,1-7H3/t18?,24-/m1/s1. The third-order valence-corrected chi connectivity index (χ3v) is 7.28. The van der Waals surface area contributed by atoms with Gasteiger partial charge in [0.15, 0.2) is 0 Å². The van der Waals surface area contributed by atoms with Crippen molar-refractivity contribution >= 4 is 18.4 Å². The minimum Gasteiger partial charge on any atom is -0.399 e. The highest BCUT2D eigenvalue weighted by molar-refractivity contribution is 6.62. The molecule has 1 unspecified atom stereocenters. The van der Waals surface area contributed by atoms with Crippen LogP contribution in [0.25, 0.3) is 0 Å². The zero-order valence-corrected chi connectivity index (χ0v) is 20.5. The van der Waals surface area contributed by atoms with Gasteiger partial charge < -0.3 is 24.1 Å². The van der Waals surface area contributed by atoms with Gasteiger partial charge in [0, 0.05) is 6.54 Å². The first-order chi connectivity index (χ1) is 14.5. The van der Waals surface area contributed by atoms with Gasteiger partial charge in [-0.1, -0.05) is 33.1 Å². The predicted molar refractivity (Wildman–Crippen MR) is 126 cm³/mol. The molecule has 1 aromatic heterocycles. The summed E-state index contributed by atoms with van der Waals surface area (Å²) >= 11 is 0. The number of hydrogen-bond donors (Lipinski definition) is 1. The van der Waals surface area contributed by atoms with E-state index in [1.807, 2.05) is 13.0 Å². The quantitative estimate of drug-likeness (QED) is 0.498. The van der Waals surface area contributed by atoms with E-state index in [-0.39, 0.29) is 6.04 Å². The van der Waals surface area contributed by atoms with Gasteiger partial charge in [-0.25, -0.2) is 4.98 Å². The second kappa shape index (κ2) is 9.38. The predicted octanol–water partition coefficient (Wildman–Crippen LogP) is 3.78. The van der Waals surface area contributed by atoms with E-state index in [2.05, 4.69) is 52.5 Å². The van der Waals surface area contributed by atoms with Crippen LogP contribution in [0, 0.1) is 0 Å². The lowest BCUT2D eigenvalue weighted by Gasteiger charge is -2.36. The van der Waals surface area contributed by atoms with Gasteiger partial charge in [0.2, 0.25) is 0 Å². The SMILES string of the molecule is CCCCC[C@](O)(CC)c1cc(B2OC(C)(C)C(C)(C)O2)cc(N2CCOCC2C)n1. The molecule has 6 nitrogen and oxygen atoms in total. The van der Waals surface area contributed by atoms with Gasteiger partial charge in [0.1, 0.15) is 11.4 Å². The van der Waals surface area contributed by atoms with Crippen LogP contribution in [0.1, 0.15) is 86.3 Å². The average Bonchev–Trinajstić information content (AvgIpc) is 2.95. The molecule has 0 aromatic carbocycles. The summed E-state index contributed by atoms with van der Waals surface area (Å²) in [5, 5.41) is 11.6. The highest BCUT2D eigenvalue weighted by atomic mass is 16.7. The summed E-state index contributed by atoms with van der Waals surface area (Å²) < 4.78 is 18.3. The van der Waals surface area contributed by atoms with Crippen LogP contribution in [-0.2, 0) is 19.6 Å². The second-order valence-electron chi connectivity index (χ2n) is 10.2. The molecule has 2 aliphatic heterocycles. The molecule has 0 aliphatic carbocycles. The number of nitrogens with zero attached hydrogens (tertiary/aromatic N) is 2. The highest BCUT2D eigenvalue weighted by Gasteiger charge is 2.52. The van der Waals surface area contributed by atoms with Crippen molar-refractivity contribution in [3.05, 3.63) is 17.8 Å². The Kier molecular flexibility index (Phi) is 7.41. The fourth-order valence-electron chi connectivity index (χ4n) is 4.26. The van der Waals surface area contributed by atoms with Crippen LogP contribution >= 0.6 is 0 Å². The maximum atomic E-state index is 11.6. The lowest BCUT2D eigenvalue weighted by molar-refractivity contribution is 0.00578. The molecule has 2 fully saturated rings. The molecule has 1 N–H and O–H groups in total. The number of aliphatic hydroxyl groups is 1. The molecular weight excluding hydrogens is 391 g/mol. The molecule has 0 amide bonds. The van der Waals surface area contributed by atoms with E-state index in [0.29, 0.717) is 31.7 Å². The zero-order valence-electron chi connectivity index (χ0n) is 20.5. The smallest absolute Gasteiger partial charge is 0.399 e. The zero-order chi connectivity index (χ0) is 22.9. The molecule has 0 bridgehead atoms. The third kappa shape index (κ3) is 5.10. The number of rotatable bonds is 8. The van der Waals surface area contributed by atoms with Gasteiger partial charge in [0.05, 0.1) is 36.2 Å². The molecule has 174 valence electrons. The Morgan fingerprint density at radius 1 is 1.16 bits per heavy atom. The molecule has 2 atom stereocenters. The van der Waals surface area contributed by atoms with Gasteiger partial charge in [-0.3, -0.25) is 0 Å². The van der Waals surface area contributed by atoms with Crippen molar-refractivity contribution in [3.63, 3.8) is 0 Å². The van der Waals surface area contributed by atoms with Crippen LogP contribution < -0.4 is 10.4 Å². The highest BCUT2D eigenvalue weighted by Crippen LogP contribution is 2.37. The van der Waals surface area contributed by atoms with Crippen molar-refractivity contribution in [2.45, 2.75) is 103 Å². The molecule has 1 aromatic rings. The summed E-state index contributed by atoms with van der Waals surface area (Å²) in [6, 6.07) is 4.28. The van der Waals surface area contributed by atoms with E-state index in [9.17, 15) is 5.11 Å². The van der Waals surface area contributed by atoms with Crippen molar-refractivity contribution in [2.24, 2.45) is 0 Å². The normalized spacial score (nSPS) is 25.0. The molecule has 7 heteroatoms. The van der Waals surface area contributed by atoms with Gasteiger partial charge in [0.25, 0.3) is 0 Å². The number of ether oxygens (including phenoxy) is 1. The summed E-state index contributed by atoms with van der Waals surface area (Å²) in [5.41, 5.74) is -0.170. The van der Waals surface area contributed by atoms with Gasteiger partial charge in [-0.2, -0.15) is 0 Å². The third-order valence-electron chi connectivity index (χ3n) is 7.28. The Morgan fingerprint density at radius 3 is 2.42 bits per heavy atom. The van der Waals surface area contributed by atoms with E-state index in [0.717, 1.165) is 37.1 Å². The Hall–Kier alpha value is -1.15. The number of aromatic nitrogens is 1. The maximum absolute atomic E-state index is 11.6. The number of unbranched alkanes of at least 4 members (excludes halogenated alkanes) is 2. The minimum absolute atomic E-state index is 0.220. The minimum atomic E-state index is -0.959. The Labute approximate surface area is 188 Å². The van der Waals surface area contributed by atoms with Crippen LogP contribution in [0.3, 0.4) is 0 Å². The van der Waals surface area contributed by atoms with E-state index >= 15 is 0 Å². The van der Waals surface area contributed by atoms with Crippen LogP contribution in [-0.4, -0.2) is 54.2 Å². The van der Waals surface area contributed by atoms with Crippen LogP contribution in [0.4, 0.5) is 5.82 Å². The Morgan fingerprint density at radius 2 is 1.84 bits per heavy atom. The van der Waals surface area contributed by atoms with Crippen LogP contribution in [0.15, 0.2) is 12.1 Å². The Balaban J connectivity index is 2.02. The molecule has 3 rings (SSSR count). The van der Waals surface area contributed by atoms with Crippen molar-refractivity contribution in [2.75, 3.05) is 24.7 Å². The van der Waals surface area contributed by atoms with E-state index in [1.54, 1.807) is 0 Å². The van der Waals surface area contributed by atoms with Crippen molar-refractivity contribution in [1.82, 2.24) is 4.98 Å². The van der Waals surface area contributed by atoms with Gasteiger partial charge >= 0.3 is 7.12 Å². The topological polar surface area (TPSA) is 64.0 Å². The lowest BCUT2D eigenvalue weighted by Crippen LogP contribution is -2.45. The monoisotopic (exact) mass is 432 g/mol. The summed E-state index contributed by atoms with van der Waals surface area (Å²) in [6.07, 6.45) is 4.53. The largest absolute Gasteiger partial charge is 0.495 e. The summed E-state index contributed by atoms with van der Waals surface area (Å²) in [5.74, 6) is 0.861. The first-order valence-corrected chi connectivity index (χ1v) is 12.0. The molecule has 2 saturated heterocycles.